The fourth-order valence-electron chi connectivity index (χ4n) is 2.09. The number of nitrogens with two attached hydrogens (primary N) is 1. The highest BCUT2D eigenvalue weighted by Crippen LogP contribution is 2.18. The fraction of sp³-hybridized carbons (Fsp3) is 0.400. The molecular formula is C15H21N3S. The van der Waals surface area contributed by atoms with Gasteiger partial charge >= 0.3 is 0 Å². The van der Waals surface area contributed by atoms with Crippen LogP contribution >= 0.6 is 11.3 Å². The number of aromatic nitrogens is 1. The van der Waals surface area contributed by atoms with Gasteiger partial charge in [-0.25, -0.2) is 0 Å². The van der Waals surface area contributed by atoms with Gasteiger partial charge in [-0.3, -0.25) is 9.88 Å². The molecule has 0 saturated carbocycles. The summed E-state index contributed by atoms with van der Waals surface area (Å²) in [5.41, 5.74) is 8.42. The minimum absolute atomic E-state index is 0.0877. The molecule has 0 radical (unpaired) electrons. The van der Waals surface area contributed by atoms with Crippen molar-refractivity contribution < 1.29 is 0 Å². The topological polar surface area (TPSA) is 42.2 Å². The number of aryl methyl sites for hydroxylation is 1. The number of hydrogen-bond acceptors (Lipinski definition) is 4. The molecule has 1 atom stereocenters. The lowest BCUT2D eigenvalue weighted by Gasteiger charge is -2.23. The van der Waals surface area contributed by atoms with Gasteiger partial charge in [-0.05, 0) is 37.0 Å². The molecule has 0 bridgehead atoms. The molecule has 0 amide bonds. The van der Waals surface area contributed by atoms with Crippen LogP contribution in [0.15, 0.2) is 35.7 Å². The first-order valence-electron chi connectivity index (χ1n) is 6.63. The normalized spacial score (nSPS) is 12.8. The molecule has 0 aliphatic carbocycles. The third-order valence-electron chi connectivity index (χ3n) is 3.14. The van der Waals surface area contributed by atoms with Crippen LogP contribution in [0.2, 0.25) is 0 Å². The fourth-order valence-corrected chi connectivity index (χ4v) is 2.81. The predicted molar refractivity (Wildman–Crippen MR) is 81.2 cm³/mol. The standard InChI is InChI=1S/C15H21N3S/c1-3-18(10-13-7-4-6-12(2)17-13)11-14(16)15-8-5-9-19-15/h4-9,14H,3,10-11,16H2,1-2H3. The Balaban J connectivity index is 1.97. The second kappa shape index (κ2) is 6.80. The molecule has 2 heterocycles. The first-order valence-corrected chi connectivity index (χ1v) is 7.51. The lowest BCUT2D eigenvalue weighted by atomic mass is 10.2. The average Bonchev–Trinajstić information content (AvgIpc) is 2.92. The van der Waals surface area contributed by atoms with Crippen LogP contribution in [0.4, 0.5) is 0 Å². The first kappa shape index (κ1) is 14.2. The number of likely N-dealkylation sites (N-methyl/N-ethyl adjacent to an activating group) is 1. The molecule has 19 heavy (non-hydrogen) atoms. The Bertz CT molecular complexity index is 496. The van der Waals surface area contributed by atoms with Gasteiger partial charge in [0.25, 0.3) is 0 Å². The summed E-state index contributed by atoms with van der Waals surface area (Å²) in [6.45, 7) is 6.90. The summed E-state index contributed by atoms with van der Waals surface area (Å²) in [7, 11) is 0. The minimum atomic E-state index is 0.0877. The van der Waals surface area contributed by atoms with E-state index < -0.39 is 0 Å². The van der Waals surface area contributed by atoms with Crippen molar-refractivity contribution in [3.8, 4) is 0 Å². The molecule has 102 valence electrons. The van der Waals surface area contributed by atoms with E-state index in [9.17, 15) is 0 Å². The van der Waals surface area contributed by atoms with Crippen molar-refractivity contribution in [2.45, 2.75) is 26.4 Å². The molecule has 0 saturated heterocycles. The van der Waals surface area contributed by atoms with Crippen LogP contribution < -0.4 is 5.73 Å². The predicted octanol–water partition coefficient (Wildman–Crippen LogP) is 2.97. The summed E-state index contributed by atoms with van der Waals surface area (Å²) >= 11 is 1.72. The summed E-state index contributed by atoms with van der Waals surface area (Å²) in [5.74, 6) is 0. The lowest BCUT2D eigenvalue weighted by molar-refractivity contribution is 0.260. The molecule has 3 nitrogen and oxygen atoms in total. The van der Waals surface area contributed by atoms with Crippen molar-refractivity contribution in [3.05, 3.63) is 52.0 Å². The summed E-state index contributed by atoms with van der Waals surface area (Å²) < 4.78 is 0. The number of nitrogens with zero attached hydrogens (tertiary/aromatic N) is 2. The molecule has 2 rings (SSSR count). The van der Waals surface area contributed by atoms with Crippen molar-refractivity contribution in [1.29, 1.82) is 0 Å². The van der Waals surface area contributed by atoms with Crippen molar-refractivity contribution in [2.24, 2.45) is 5.73 Å². The largest absolute Gasteiger partial charge is 0.322 e. The van der Waals surface area contributed by atoms with Crippen LogP contribution in [0, 0.1) is 6.92 Å². The number of rotatable bonds is 6. The summed E-state index contributed by atoms with van der Waals surface area (Å²) in [5, 5.41) is 2.08. The summed E-state index contributed by atoms with van der Waals surface area (Å²) in [6.07, 6.45) is 0. The van der Waals surface area contributed by atoms with Crippen LogP contribution in [0.5, 0.6) is 0 Å². The zero-order chi connectivity index (χ0) is 13.7. The van der Waals surface area contributed by atoms with Gasteiger partial charge in [0.2, 0.25) is 0 Å². The van der Waals surface area contributed by atoms with E-state index in [0.717, 1.165) is 31.0 Å². The van der Waals surface area contributed by atoms with Crippen LogP contribution in [-0.4, -0.2) is 23.0 Å². The molecule has 2 aromatic heterocycles. The molecular weight excluding hydrogens is 254 g/mol. The molecule has 2 aromatic rings. The van der Waals surface area contributed by atoms with Gasteiger partial charge in [-0.1, -0.05) is 19.1 Å². The van der Waals surface area contributed by atoms with Crippen molar-refractivity contribution >= 4 is 11.3 Å². The summed E-state index contributed by atoms with van der Waals surface area (Å²) in [4.78, 5) is 8.14. The van der Waals surface area contributed by atoms with E-state index in [1.54, 1.807) is 11.3 Å². The molecule has 0 aromatic carbocycles. The highest BCUT2D eigenvalue weighted by atomic mass is 32.1. The Morgan fingerprint density at radius 1 is 1.32 bits per heavy atom. The van der Waals surface area contributed by atoms with Crippen molar-refractivity contribution in [3.63, 3.8) is 0 Å². The minimum Gasteiger partial charge on any atom is -0.322 e. The van der Waals surface area contributed by atoms with Gasteiger partial charge in [0.1, 0.15) is 0 Å². The lowest BCUT2D eigenvalue weighted by Crippen LogP contribution is -2.31. The van der Waals surface area contributed by atoms with Crippen LogP contribution in [0.1, 0.15) is 29.2 Å². The Morgan fingerprint density at radius 3 is 2.79 bits per heavy atom. The van der Waals surface area contributed by atoms with Gasteiger partial charge < -0.3 is 5.73 Å². The Kier molecular flexibility index (Phi) is 5.07. The number of hydrogen-bond donors (Lipinski definition) is 1. The monoisotopic (exact) mass is 275 g/mol. The Hall–Kier alpha value is -1.23. The van der Waals surface area contributed by atoms with E-state index in [0.29, 0.717) is 0 Å². The zero-order valence-corrected chi connectivity index (χ0v) is 12.4. The van der Waals surface area contributed by atoms with Gasteiger partial charge in [0.05, 0.1) is 11.7 Å². The SMILES string of the molecule is CCN(Cc1cccc(C)n1)CC(N)c1cccs1. The molecule has 4 heteroatoms. The van der Waals surface area contributed by atoms with Crippen molar-refractivity contribution in [1.82, 2.24) is 9.88 Å². The maximum atomic E-state index is 6.25. The van der Waals surface area contributed by atoms with E-state index in [2.05, 4.69) is 46.5 Å². The van der Waals surface area contributed by atoms with Crippen LogP contribution in [0.25, 0.3) is 0 Å². The summed E-state index contributed by atoms with van der Waals surface area (Å²) in [6, 6.07) is 10.4. The Morgan fingerprint density at radius 2 is 2.16 bits per heavy atom. The highest BCUT2D eigenvalue weighted by Gasteiger charge is 2.12. The third-order valence-corrected chi connectivity index (χ3v) is 4.15. The zero-order valence-electron chi connectivity index (χ0n) is 11.5. The van der Waals surface area contributed by atoms with Crippen LogP contribution in [-0.2, 0) is 6.54 Å². The van der Waals surface area contributed by atoms with Gasteiger partial charge in [-0.15, -0.1) is 11.3 Å². The molecule has 0 spiro atoms. The van der Waals surface area contributed by atoms with E-state index >= 15 is 0 Å². The van der Waals surface area contributed by atoms with E-state index in [1.807, 2.05) is 13.0 Å². The quantitative estimate of drug-likeness (QED) is 0.881. The second-order valence-electron chi connectivity index (χ2n) is 4.72. The number of thiophene rings is 1. The average molecular weight is 275 g/mol. The molecule has 0 fully saturated rings. The highest BCUT2D eigenvalue weighted by molar-refractivity contribution is 7.10. The van der Waals surface area contributed by atoms with Gasteiger partial charge in [-0.2, -0.15) is 0 Å². The third kappa shape index (κ3) is 4.13. The maximum absolute atomic E-state index is 6.25. The Labute approximate surface area is 119 Å². The van der Waals surface area contributed by atoms with E-state index in [-0.39, 0.29) is 6.04 Å². The first-order chi connectivity index (χ1) is 9.19. The van der Waals surface area contributed by atoms with Gasteiger partial charge in [0, 0.05) is 23.7 Å². The second-order valence-corrected chi connectivity index (χ2v) is 5.70. The van der Waals surface area contributed by atoms with E-state index in [1.165, 1.54) is 4.88 Å². The molecule has 1 unspecified atom stereocenters. The van der Waals surface area contributed by atoms with E-state index in [4.69, 9.17) is 5.73 Å². The van der Waals surface area contributed by atoms with Crippen LogP contribution in [0.3, 0.4) is 0 Å². The molecule has 0 aliphatic rings. The van der Waals surface area contributed by atoms with Gasteiger partial charge in [0.15, 0.2) is 0 Å². The molecule has 2 N–H and O–H groups in total. The smallest absolute Gasteiger partial charge is 0.0547 e. The van der Waals surface area contributed by atoms with Crippen molar-refractivity contribution in [2.75, 3.05) is 13.1 Å². The number of pyridine rings is 1. The maximum Gasteiger partial charge on any atom is 0.0547 e. The molecule has 0 aliphatic heterocycles.